The van der Waals surface area contributed by atoms with Crippen molar-refractivity contribution < 1.29 is 4.79 Å². The topological polar surface area (TPSA) is 72.7 Å². The van der Waals surface area contributed by atoms with Gasteiger partial charge in [0, 0.05) is 31.0 Å². The number of thioether (sulfide) groups is 1. The second kappa shape index (κ2) is 4.73. The van der Waals surface area contributed by atoms with E-state index in [1.54, 1.807) is 16.8 Å². The van der Waals surface area contributed by atoms with Gasteiger partial charge < -0.3 is 4.57 Å². The Hall–Kier alpha value is -1.76. The molecule has 7 heteroatoms. The van der Waals surface area contributed by atoms with E-state index in [4.69, 9.17) is 0 Å². The molecule has 1 aliphatic rings. The number of Topliss-reactive ketones (excluding diaryl/α,β-unsaturated/α-hetero) is 1. The smallest absolute Gasteiger partial charge is 0.344 e. The maximum atomic E-state index is 12.0. The summed E-state index contributed by atoms with van der Waals surface area (Å²) in [6.45, 7) is 0. The monoisotopic (exact) mass is 278 g/mol. The average molecular weight is 278 g/mol. The van der Waals surface area contributed by atoms with Crippen molar-refractivity contribution in [2.24, 2.45) is 7.05 Å². The molecule has 0 radical (unpaired) electrons. The fourth-order valence-electron chi connectivity index (χ4n) is 1.93. The highest BCUT2D eigenvalue weighted by Crippen LogP contribution is 2.36. The van der Waals surface area contributed by atoms with E-state index in [9.17, 15) is 9.59 Å². The maximum absolute atomic E-state index is 12.0. The SMILES string of the molecule is Cn1ccc(C(=O)CSc2n[nH]c(=O)n2C2CC2)c1. The molecule has 0 aliphatic heterocycles. The number of aromatic nitrogens is 4. The van der Waals surface area contributed by atoms with Gasteiger partial charge >= 0.3 is 5.69 Å². The van der Waals surface area contributed by atoms with Crippen molar-refractivity contribution in [1.29, 1.82) is 0 Å². The van der Waals surface area contributed by atoms with Crippen molar-refractivity contribution in [2.45, 2.75) is 24.0 Å². The highest BCUT2D eigenvalue weighted by molar-refractivity contribution is 7.99. The molecule has 0 unspecified atom stereocenters. The first-order valence-corrected chi connectivity index (χ1v) is 7.08. The first kappa shape index (κ1) is 12.3. The molecule has 2 aromatic heterocycles. The Labute approximate surface area is 113 Å². The van der Waals surface area contributed by atoms with Crippen LogP contribution in [0.5, 0.6) is 0 Å². The van der Waals surface area contributed by atoms with Gasteiger partial charge in [0.1, 0.15) is 0 Å². The molecule has 0 aromatic carbocycles. The Kier molecular flexibility index (Phi) is 3.06. The van der Waals surface area contributed by atoms with Crippen LogP contribution >= 0.6 is 11.8 Å². The van der Waals surface area contributed by atoms with E-state index in [1.807, 2.05) is 17.8 Å². The van der Waals surface area contributed by atoms with Gasteiger partial charge in [0.05, 0.1) is 5.75 Å². The molecule has 100 valence electrons. The average Bonchev–Trinajstić information content (AvgIpc) is 3.02. The molecule has 0 atom stereocenters. The van der Waals surface area contributed by atoms with Crippen LogP contribution in [0.25, 0.3) is 0 Å². The lowest BCUT2D eigenvalue weighted by Crippen LogP contribution is -2.16. The quantitative estimate of drug-likeness (QED) is 0.659. The number of hydrogen-bond acceptors (Lipinski definition) is 4. The molecular weight excluding hydrogens is 264 g/mol. The van der Waals surface area contributed by atoms with E-state index in [0.29, 0.717) is 16.5 Å². The van der Waals surface area contributed by atoms with E-state index < -0.39 is 0 Å². The third kappa shape index (κ3) is 2.51. The second-order valence-electron chi connectivity index (χ2n) is 4.69. The number of nitrogens with one attached hydrogen (secondary N) is 1. The van der Waals surface area contributed by atoms with Gasteiger partial charge in [-0.1, -0.05) is 11.8 Å². The fourth-order valence-corrected chi connectivity index (χ4v) is 2.84. The molecule has 2 aromatic rings. The van der Waals surface area contributed by atoms with E-state index in [2.05, 4.69) is 10.2 Å². The minimum Gasteiger partial charge on any atom is -0.357 e. The first-order valence-electron chi connectivity index (χ1n) is 6.10. The Morgan fingerprint density at radius 3 is 3.00 bits per heavy atom. The third-order valence-corrected chi connectivity index (χ3v) is 4.02. The Morgan fingerprint density at radius 1 is 1.58 bits per heavy atom. The summed E-state index contributed by atoms with van der Waals surface area (Å²) < 4.78 is 3.50. The number of carbonyl (C=O) groups excluding carboxylic acids is 1. The number of nitrogens with zero attached hydrogens (tertiary/aromatic N) is 3. The number of aryl methyl sites for hydroxylation is 1. The van der Waals surface area contributed by atoms with Crippen molar-refractivity contribution in [1.82, 2.24) is 19.3 Å². The number of hydrogen-bond donors (Lipinski definition) is 1. The van der Waals surface area contributed by atoms with E-state index in [-0.39, 0.29) is 17.5 Å². The molecule has 0 saturated heterocycles. The molecule has 1 fully saturated rings. The number of carbonyl (C=O) groups is 1. The predicted molar refractivity (Wildman–Crippen MR) is 71.6 cm³/mol. The molecule has 19 heavy (non-hydrogen) atoms. The van der Waals surface area contributed by atoms with Crippen molar-refractivity contribution in [3.8, 4) is 0 Å². The van der Waals surface area contributed by atoms with E-state index >= 15 is 0 Å². The van der Waals surface area contributed by atoms with Crippen molar-refractivity contribution >= 4 is 17.5 Å². The molecule has 0 spiro atoms. The lowest BCUT2D eigenvalue weighted by molar-refractivity contribution is 0.102. The minimum absolute atomic E-state index is 0.0448. The summed E-state index contributed by atoms with van der Waals surface area (Å²) in [6, 6.07) is 2.06. The van der Waals surface area contributed by atoms with Crippen LogP contribution in [0.3, 0.4) is 0 Å². The van der Waals surface area contributed by atoms with Crippen LogP contribution in [0, 0.1) is 0 Å². The fraction of sp³-hybridized carbons (Fsp3) is 0.417. The number of H-pyrrole nitrogens is 1. The third-order valence-electron chi connectivity index (χ3n) is 3.07. The number of aromatic amines is 1. The lowest BCUT2D eigenvalue weighted by atomic mass is 10.2. The van der Waals surface area contributed by atoms with Gasteiger partial charge in [-0.25, -0.2) is 9.89 Å². The first-order chi connectivity index (χ1) is 9.15. The van der Waals surface area contributed by atoms with Crippen molar-refractivity contribution in [3.63, 3.8) is 0 Å². The predicted octanol–water partition coefficient (Wildman–Crippen LogP) is 1.22. The summed E-state index contributed by atoms with van der Waals surface area (Å²) in [5.74, 6) is 0.337. The zero-order valence-corrected chi connectivity index (χ0v) is 11.3. The van der Waals surface area contributed by atoms with Crippen LogP contribution in [-0.4, -0.2) is 30.9 Å². The van der Waals surface area contributed by atoms with Crippen molar-refractivity contribution in [3.05, 3.63) is 34.5 Å². The molecule has 1 N–H and O–H groups in total. The van der Waals surface area contributed by atoms with Gasteiger partial charge in [-0.2, -0.15) is 0 Å². The Bertz CT molecular complexity index is 665. The normalized spacial score (nSPS) is 14.8. The standard InChI is InChI=1S/C12H14N4O2S/c1-15-5-4-8(6-15)10(17)7-19-12-14-13-11(18)16(12)9-2-3-9/h4-6,9H,2-3,7H2,1H3,(H,13,18). The van der Waals surface area contributed by atoms with E-state index in [0.717, 1.165) is 12.8 Å². The lowest BCUT2D eigenvalue weighted by Gasteiger charge is -2.02. The second-order valence-corrected chi connectivity index (χ2v) is 5.63. The highest BCUT2D eigenvalue weighted by Gasteiger charge is 2.28. The molecule has 1 saturated carbocycles. The zero-order valence-electron chi connectivity index (χ0n) is 10.5. The molecule has 0 amide bonds. The van der Waals surface area contributed by atoms with Crippen molar-refractivity contribution in [2.75, 3.05) is 5.75 Å². The number of rotatable bonds is 5. The van der Waals surface area contributed by atoms with Crippen LogP contribution in [0.1, 0.15) is 29.2 Å². The van der Waals surface area contributed by atoms with Crippen LogP contribution < -0.4 is 5.69 Å². The Morgan fingerprint density at radius 2 is 2.37 bits per heavy atom. The summed E-state index contributed by atoms with van der Waals surface area (Å²) in [5.41, 5.74) is 0.503. The summed E-state index contributed by atoms with van der Waals surface area (Å²) in [6.07, 6.45) is 5.66. The van der Waals surface area contributed by atoms with Gasteiger partial charge in [-0.15, -0.1) is 5.10 Å². The summed E-state index contributed by atoms with van der Waals surface area (Å²) in [5, 5.41) is 7.03. The van der Waals surface area contributed by atoms with E-state index in [1.165, 1.54) is 11.8 Å². The maximum Gasteiger partial charge on any atom is 0.344 e. The molecule has 0 bridgehead atoms. The number of ketones is 1. The van der Waals surface area contributed by atoms with Crippen LogP contribution in [0.15, 0.2) is 28.4 Å². The summed E-state index contributed by atoms with van der Waals surface area (Å²) >= 11 is 1.31. The molecule has 3 rings (SSSR count). The zero-order chi connectivity index (χ0) is 13.4. The van der Waals surface area contributed by atoms with Gasteiger partial charge in [-0.3, -0.25) is 9.36 Å². The van der Waals surface area contributed by atoms with Crippen LogP contribution in [-0.2, 0) is 7.05 Å². The summed E-state index contributed by atoms with van der Waals surface area (Å²) in [4.78, 5) is 23.6. The van der Waals surface area contributed by atoms with Gasteiger partial charge in [0.2, 0.25) is 0 Å². The van der Waals surface area contributed by atoms with Gasteiger partial charge in [0.15, 0.2) is 10.9 Å². The summed E-state index contributed by atoms with van der Waals surface area (Å²) in [7, 11) is 1.88. The van der Waals surface area contributed by atoms with Crippen LogP contribution in [0.2, 0.25) is 0 Å². The Balaban J connectivity index is 1.69. The molecule has 1 aliphatic carbocycles. The molecular formula is C12H14N4O2S. The largest absolute Gasteiger partial charge is 0.357 e. The van der Waals surface area contributed by atoms with Gasteiger partial charge in [-0.05, 0) is 18.9 Å². The van der Waals surface area contributed by atoms with Gasteiger partial charge in [0.25, 0.3) is 0 Å². The molecule has 6 nitrogen and oxygen atoms in total. The minimum atomic E-state index is -0.183. The van der Waals surface area contributed by atoms with Crippen LogP contribution in [0.4, 0.5) is 0 Å². The highest BCUT2D eigenvalue weighted by atomic mass is 32.2. The molecule has 2 heterocycles.